The summed E-state index contributed by atoms with van der Waals surface area (Å²) in [6, 6.07) is 14.8. The second-order valence-corrected chi connectivity index (χ2v) is 11.1. The zero-order valence-electron chi connectivity index (χ0n) is 26.3. The molecule has 1 aliphatic heterocycles. The van der Waals surface area contributed by atoms with Crippen molar-refractivity contribution in [1.82, 2.24) is 29.7 Å². The molecule has 4 heterocycles. The van der Waals surface area contributed by atoms with Crippen molar-refractivity contribution in [2.24, 2.45) is 0 Å². The summed E-state index contributed by atoms with van der Waals surface area (Å²) in [7, 11) is 5.34. The van der Waals surface area contributed by atoms with Crippen molar-refractivity contribution in [1.29, 1.82) is 0 Å². The van der Waals surface area contributed by atoms with E-state index < -0.39 is 5.82 Å². The van der Waals surface area contributed by atoms with Gasteiger partial charge in [-0.1, -0.05) is 12.1 Å². The van der Waals surface area contributed by atoms with Gasteiger partial charge in [0.2, 0.25) is 11.8 Å². The van der Waals surface area contributed by atoms with Crippen molar-refractivity contribution in [3.8, 4) is 28.5 Å². The Kier molecular flexibility index (Phi) is 9.87. The zero-order chi connectivity index (χ0) is 31.9. The normalized spacial score (nSPS) is 14.0. The van der Waals surface area contributed by atoms with Gasteiger partial charge in [-0.3, -0.25) is 9.88 Å². The predicted molar refractivity (Wildman–Crippen MR) is 174 cm³/mol. The molecular weight excluding hydrogens is 589 g/mol. The highest BCUT2D eigenvalue weighted by atomic mass is 19.1. The molecule has 2 N–H and O–H groups in total. The van der Waals surface area contributed by atoms with Crippen LogP contribution in [0.4, 0.5) is 16.0 Å². The second kappa shape index (κ2) is 14.5. The fourth-order valence-corrected chi connectivity index (χ4v) is 5.37. The third-order valence-electron chi connectivity index (χ3n) is 7.94. The summed E-state index contributed by atoms with van der Waals surface area (Å²) in [5.41, 5.74) is 4.29. The average molecular weight is 628 g/mol. The van der Waals surface area contributed by atoms with Crippen molar-refractivity contribution in [3.63, 3.8) is 0 Å². The number of pyridine rings is 1. The number of aromatic nitrogens is 4. The Morgan fingerprint density at radius 1 is 0.935 bits per heavy atom. The number of piperazine rings is 1. The molecule has 0 amide bonds. The SMILES string of the molecule is COCCOc1nc(Nc2ccc(CN3CCN(C)CC3)cc2)nc2[nH]cc(-c3ccc(OCc4cnccc4OC)cc3F)c12. The first-order valence-corrected chi connectivity index (χ1v) is 15.2. The van der Waals surface area contributed by atoms with Crippen LogP contribution < -0.4 is 19.5 Å². The summed E-state index contributed by atoms with van der Waals surface area (Å²) in [4.78, 5) is 21.5. The summed E-state index contributed by atoms with van der Waals surface area (Å²) >= 11 is 0. The summed E-state index contributed by atoms with van der Waals surface area (Å²) in [6.45, 7) is 6.04. The van der Waals surface area contributed by atoms with E-state index in [0.717, 1.165) is 44.0 Å². The molecule has 1 aliphatic rings. The molecule has 46 heavy (non-hydrogen) atoms. The lowest BCUT2D eigenvalue weighted by molar-refractivity contribution is 0.144. The summed E-state index contributed by atoms with van der Waals surface area (Å²) in [5.74, 6) is 1.24. The van der Waals surface area contributed by atoms with Crippen LogP contribution in [-0.2, 0) is 17.9 Å². The van der Waals surface area contributed by atoms with E-state index in [0.29, 0.717) is 52.1 Å². The van der Waals surface area contributed by atoms with Gasteiger partial charge in [-0.15, -0.1) is 0 Å². The van der Waals surface area contributed by atoms with Gasteiger partial charge >= 0.3 is 0 Å². The van der Waals surface area contributed by atoms with E-state index in [9.17, 15) is 0 Å². The van der Waals surface area contributed by atoms with Crippen LogP contribution in [0.5, 0.6) is 17.4 Å². The molecule has 1 fully saturated rings. The fraction of sp³-hybridized carbons (Fsp3) is 0.324. The minimum absolute atomic E-state index is 0.184. The molecule has 0 unspecified atom stereocenters. The van der Waals surface area contributed by atoms with Gasteiger partial charge in [0, 0.05) is 86.9 Å². The maximum Gasteiger partial charge on any atom is 0.232 e. The number of aromatic amines is 1. The fourth-order valence-electron chi connectivity index (χ4n) is 5.37. The monoisotopic (exact) mass is 627 g/mol. The minimum Gasteiger partial charge on any atom is -0.496 e. The van der Waals surface area contributed by atoms with Gasteiger partial charge in [0.15, 0.2) is 0 Å². The number of hydrogen-bond acceptors (Lipinski definition) is 10. The van der Waals surface area contributed by atoms with Crippen molar-refractivity contribution >= 4 is 22.7 Å². The number of nitrogens with one attached hydrogen (secondary N) is 2. The third kappa shape index (κ3) is 7.36. The van der Waals surface area contributed by atoms with E-state index in [1.165, 1.54) is 11.6 Å². The standard InChI is InChI=1S/C34H38FN7O4/c1-41-12-14-42(15-13-41)21-23-4-6-25(7-5-23)38-34-39-32-31(33(40-34)45-17-16-43-2)28(20-37-32)27-9-8-26(18-29(27)35)46-22-24-19-36-11-10-30(24)44-3/h4-11,18-20H,12-17,21-22H2,1-3H3,(H2,37,38,39,40). The smallest absolute Gasteiger partial charge is 0.232 e. The number of anilines is 2. The highest BCUT2D eigenvalue weighted by Gasteiger charge is 2.20. The van der Waals surface area contributed by atoms with Gasteiger partial charge in [-0.05, 0) is 42.9 Å². The van der Waals surface area contributed by atoms with Gasteiger partial charge in [0.1, 0.15) is 36.2 Å². The lowest BCUT2D eigenvalue weighted by atomic mass is 10.1. The minimum atomic E-state index is -0.460. The van der Waals surface area contributed by atoms with Crippen molar-refractivity contribution in [3.05, 3.63) is 84.1 Å². The largest absolute Gasteiger partial charge is 0.496 e. The van der Waals surface area contributed by atoms with E-state index >= 15 is 4.39 Å². The molecule has 12 heteroatoms. The molecule has 5 aromatic rings. The molecule has 0 atom stereocenters. The molecule has 2 aromatic carbocycles. The highest BCUT2D eigenvalue weighted by molar-refractivity contribution is 5.98. The molecule has 240 valence electrons. The van der Waals surface area contributed by atoms with E-state index in [2.05, 4.69) is 54.2 Å². The molecule has 0 spiro atoms. The van der Waals surface area contributed by atoms with Crippen LogP contribution in [0.1, 0.15) is 11.1 Å². The third-order valence-corrected chi connectivity index (χ3v) is 7.94. The van der Waals surface area contributed by atoms with Crippen molar-refractivity contribution in [2.45, 2.75) is 13.2 Å². The van der Waals surface area contributed by atoms with Crippen LogP contribution in [0.3, 0.4) is 0 Å². The molecule has 11 nitrogen and oxygen atoms in total. The lowest BCUT2D eigenvalue weighted by Crippen LogP contribution is -2.43. The molecule has 0 bridgehead atoms. The molecule has 3 aromatic heterocycles. The summed E-state index contributed by atoms with van der Waals surface area (Å²) < 4.78 is 38.0. The number of methoxy groups -OCH3 is 2. The Bertz CT molecular complexity index is 1760. The predicted octanol–water partition coefficient (Wildman–Crippen LogP) is 5.26. The van der Waals surface area contributed by atoms with Gasteiger partial charge < -0.3 is 34.1 Å². The lowest BCUT2D eigenvalue weighted by Gasteiger charge is -2.32. The van der Waals surface area contributed by atoms with Crippen LogP contribution in [0.25, 0.3) is 22.2 Å². The molecule has 0 radical (unpaired) electrons. The molecule has 0 saturated carbocycles. The Morgan fingerprint density at radius 3 is 2.52 bits per heavy atom. The number of H-pyrrole nitrogens is 1. The van der Waals surface area contributed by atoms with Gasteiger partial charge in [0.05, 0.1) is 19.1 Å². The molecule has 6 rings (SSSR count). The molecule has 0 aliphatic carbocycles. The number of likely N-dealkylation sites (N-methyl/N-ethyl adjacent to an activating group) is 1. The number of hydrogen-bond donors (Lipinski definition) is 2. The zero-order valence-corrected chi connectivity index (χ0v) is 26.3. The number of rotatable bonds is 13. The summed E-state index contributed by atoms with van der Waals surface area (Å²) in [6.07, 6.45) is 5.01. The summed E-state index contributed by atoms with van der Waals surface area (Å²) in [5, 5.41) is 3.86. The van der Waals surface area contributed by atoms with Gasteiger partial charge in [-0.2, -0.15) is 9.97 Å². The van der Waals surface area contributed by atoms with Gasteiger partial charge in [-0.25, -0.2) is 4.39 Å². The van der Waals surface area contributed by atoms with Crippen molar-refractivity contribution < 1.29 is 23.3 Å². The second-order valence-electron chi connectivity index (χ2n) is 11.1. The first-order valence-electron chi connectivity index (χ1n) is 15.2. The van der Waals surface area contributed by atoms with Gasteiger partial charge in [0.25, 0.3) is 0 Å². The quantitative estimate of drug-likeness (QED) is 0.168. The maximum atomic E-state index is 15.6. The molecular formula is C34H38FN7O4. The Hall–Kier alpha value is -4.78. The van der Waals surface area contributed by atoms with Crippen LogP contribution in [0.15, 0.2) is 67.1 Å². The highest BCUT2D eigenvalue weighted by Crippen LogP contribution is 2.37. The van der Waals surface area contributed by atoms with Crippen LogP contribution in [-0.4, -0.2) is 90.4 Å². The average Bonchev–Trinajstić information content (AvgIpc) is 3.50. The van der Waals surface area contributed by atoms with Crippen molar-refractivity contribution in [2.75, 3.05) is 66.0 Å². The number of fused-ring (bicyclic) bond motifs is 1. The number of benzene rings is 2. The Morgan fingerprint density at radius 2 is 1.76 bits per heavy atom. The first kappa shape index (κ1) is 31.2. The number of ether oxygens (including phenoxy) is 4. The first-order chi connectivity index (χ1) is 22.5. The van der Waals surface area contributed by atoms with E-state index in [1.807, 2.05) is 12.1 Å². The number of nitrogens with zero attached hydrogens (tertiary/aromatic N) is 5. The van der Waals surface area contributed by atoms with Crippen LogP contribution in [0, 0.1) is 5.82 Å². The molecule has 1 saturated heterocycles. The van der Waals surface area contributed by atoms with Crippen LogP contribution >= 0.6 is 0 Å². The topological polar surface area (TPSA) is 110 Å². The maximum absolute atomic E-state index is 15.6. The number of halogens is 1. The van der Waals surface area contributed by atoms with Crippen LogP contribution in [0.2, 0.25) is 0 Å². The Labute approximate surface area is 267 Å². The van der Waals surface area contributed by atoms with E-state index in [4.69, 9.17) is 18.9 Å². The van der Waals surface area contributed by atoms with E-state index in [-0.39, 0.29) is 13.2 Å². The Balaban J connectivity index is 1.21. The van der Waals surface area contributed by atoms with E-state index in [1.54, 1.807) is 51.0 Å².